The van der Waals surface area contributed by atoms with Gasteiger partial charge in [-0.3, -0.25) is 9.79 Å². The van der Waals surface area contributed by atoms with Crippen LogP contribution in [-0.2, 0) is 6.42 Å². The molecular formula is C18H29IN4O. The lowest BCUT2D eigenvalue weighted by atomic mass is 9.96. The van der Waals surface area contributed by atoms with Crippen molar-refractivity contribution in [2.45, 2.75) is 44.6 Å². The summed E-state index contributed by atoms with van der Waals surface area (Å²) in [6.45, 7) is 0.795. The minimum Gasteiger partial charge on any atom is -0.356 e. The third kappa shape index (κ3) is 6.67. The Balaban J connectivity index is 0.00000288. The highest BCUT2D eigenvalue weighted by Crippen LogP contribution is 2.17. The van der Waals surface area contributed by atoms with Crippen molar-refractivity contribution in [2.75, 3.05) is 20.6 Å². The van der Waals surface area contributed by atoms with E-state index in [0.717, 1.165) is 24.5 Å². The maximum atomic E-state index is 11.7. The van der Waals surface area contributed by atoms with Gasteiger partial charge in [0, 0.05) is 32.2 Å². The van der Waals surface area contributed by atoms with E-state index in [9.17, 15) is 4.79 Å². The Morgan fingerprint density at radius 2 is 2.00 bits per heavy atom. The van der Waals surface area contributed by atoms with Crippen LogP contribution in [0.1, 0.15) is 48.0 Å². The maximum absolute atomic E-state index is 11.7. The second-order valence-electron chi connectivity index (χ2n) is 6.01. The molecule has 1 aliphatic carbocycles. The summed E-state index contributed by atoms with van der Waals surface area (Å²) in [5.74, 6) is 0.828. The predicted octanol–water partition coefficient (Wildman–Crippen LogP) is 2.70. The van der Waals surface area contributed by atoms with Crippen molar-refractivity contribution in [1.29, 1.82) is 0 Å². The molecule has 0 aromatic heterocycles. The Morgan fingerprint density at radius 1 is 1.25 bits per heavy atom. The zero-order chi connectivity index (χ0) is 16.5. The molecule has 6 heteroatoms. The lowest BCUT2D eigenvalue weighted by Gasteiger charge is -2.24. The molecule has 24 heavy (non-hydrogen) atoms. The molecule has 0 radical (unpaired) electrons. The highest BCUT2D eigenvalue weighted by molar-refractivity contribution is 14.0. The van der Waals surface area contributed by atoms with Gasteiger partial charge in [0.2, 0.25) is 0 Å². The average Bonchev–Trinajstić information content (AvgIpc) is 2.61. The summed E-state index contributed by atoms with van der Waals surface area (Å²) in [6.07, 6.45) is 7.29. The van der Waals surface area contributed by atoms with E-state index in [-0.39, 0.29) is 29.9 Å². The zero-order valence-electron chi connectivity index (χ0n) is 14.6. The first-order valence-electron chi connectivity index (χ1n) is 8.51. The molecule has 0 bridgehead atoms. The number of aliphatic imine (C=N–C) groups is 1. The van der Waals surface area contributed by atoms with Gasteiger partial charge in [-0.05, 0) is 37.0 Å². The normalized spacial score (nSPS) is 15.3. The van der Waals surface area contributed by atoms with Crippen LogP contribution in [0.2, 0.25) is 0 Å². The first-order chi connectivity index (χ1) is 11.2. The van der Waals surface area contributed by atoms with Gasteiger partial charge in [0.05, 0.1) is 0 Å². The Bertz CT molecular complexity index is 542. The van der Waals surface area contributed by atoms with Gasteiger partial charge in [-0.1, -0.05) is 31.4 Å². The van der Waals surface area contributed by atoms with Crippen molar-refractivity contribution >= 4 is 35.8 Å². The Labute approximate surface area is 162 Å². The van der Waals surface area contributed by atoms with Gasteiger partial charge in [0.25, 0.3) is 5.91 Å². The van der Waals surface area contributed by atoms with E-state index < -0.39 is 0 Å². The molecule has 0 atom stereocenters. The fourth-order valence-electron chi connectivity index (χ4n) is 2.97. The lowest BCUT2D eigenvalue weighted by molar-refractivity contribution is 0.0963. The van der Waals surface area contributed by atoms with E-state index in [2.05, 4.69) is 20.9 Å². The summed E-state index contributed by atoms with van der Waals surface area (Å²) in [5.41, 5.74) is 1.85. The third-order valence-corrected chi connectivity index (χ3v) is 4.29. The molecule has 1 amide bonds. The largest absolute Gasteiger partial charge is 0.356 e. The van der Waals surface area contributed by atoms with Crippen LogP contribution in [0.5, 0.6) is 0 Å². The van der Waals surface area contributed by atoms with E-state index in [1.807, 2.05) is 31.3 Å². The van der Waals surface area contributed by atoms with Crippen LogP contribution in [-0.4, -0.2) is 38.5 Å². The number of hydrogen-bond acceptors (Lipinski definition) is 2. The second-order valence-corrected chi connectivity index (χ2v) is 6.01. The molecule has 1 aromatic carbocycles. The smallest absolute Gasteiger partial charge is 0.251 e. The molecule has 0 saturated heterocycles. The summed E-state index contributed by atoms with van der Waals surface area (Å²) in [7, 11) is 3.46. The van der Waals surface area contributed by atoms with Crippen LogP contribution in [0, 0.1) is 0 Å². The van der Waals surface area contributed by atoms with Crippen LogP contribution in [0.4, 0.5) is 0 Å². The number of rotatable bonds is 5. The van der Waals surface area contributed by atoms with Gasteiger partial charge in [-0.25, -0.2) is 0 Å². The van der Waals surface area contributed by atoms with Crippen LogP contribution in [0.3, 0.4) is 0 Å². The van der Waals surface area contributed by atoms with E-state index in [0.29, 0.717) is 11.6 Å². The summed E-state index contributed by atoms with van der Waals surface area (Å²) >= 11 is 0. The molecule has 0 spiro atoms. The number of benzene rings is 1. The molecule has 1 fully saturated rings. The molecule has 2 rings (SSSR count). The van der Waals surface area contributed by atoms with Gasteiger partial charge < -0.3 is 16.0 Å². The van der Waals surface area contributed by atoms with Crippen molar-refractivity contribution in [3.63, 3.8) is 0 Å². The molecule has 0 heterocycles. The molecule has 1 saturated carbocycles. The SMILES string of the molecule is CN=C(NCCc1cccc(C(=O)NC)c1)NC1CCCCC1.I. The van der Waals surface area contributed by atoms with Crippen molar-refractivity contribution in [1.82, 2.24) is 16.0 Å². The molecule has 1 aromatic rings. The average molecular weight is 444 g/mol. The summed E-state index contributed by atoms with van der Waals surface area (Å²) in [4.78, 5) is 16.0. The third-order valence-electron chi connectivity index (χ3n) is 4.29. The number of carbonyl (C=O) groups is 1. The van der Waals surface area contributed by atoms with Crippen molar-refractivity contribution in [3.8, 4) is 0 Å². The number of amides is 1. The number of guanidine groups is 1. The topological polar surface area (TPSA) is 65.5 Å². The molecule has 0 aliphatic heterocycles. The number of hydrogen-bond donors (Lipinski definition) is 3. The van der Waals surface area contributed by atoms with Crippen molar-refractivity contribution < 1.29 is 4.79 Å². The minimum absolute atomic E-state index is 0. The first kappa shape index (κ1) is 20.7. The van der Waals surface area contributed by atoms with E-state index in [1.54, 1.807) is 7.05 Å². The van der Waals surface area contributed by atoms with E-state index >= 15 is 0 Å². The van der Waals surface area contributed by atoms with E-state index in [4.69, 9.17) is 0 Å². The first-order valence-corrected chi connectivity index (χ1v) is 8.51. The summed E-state index contributed by atoms with van der Waals surface area (Å²) < 4.78 is 0. The fraction of sp³-hybridized carbons (Fsp3) is 0.556. The molecule has 1 aliphatic rings. The monoisotopic (exact) mass is 444 g/mol. The second kappa shape index (κ2) is 11.3. The summed E-state index contributed by atoms with van der Waals surface area (Å²) in [6, 6.07) is 8.30. The van der Waals surface area contributed by atoms with Crippen LogP contribution in [0.15, 0.2) is 29.3 Å². The Kier molecular flexibility index (Phi) is 9.75. The molecular weight excluding hydrogens is 415 g/mol. The predicted molar refractivity (Wildman–Crippen MR) is 110 cm³/mol. The minimum atomic E-state index is -0.0467. The van der Waals surface area contributed by atoms with Crippen molar-refractivity contribution in [2.24, 2.45) is 4.99 Å². The van der Waals surface area contributed by atoms with Gasteiger partial charge >= 0.3 is 0 Å². The number of nitrogens with zero attached hydrogens (tertiary/aromatic N) is 1. The molecule has 3 N–H and O–H groups in total. The van der Waals surface area contributed by atoms with Gasteiger partial charge in [-0.15, -0.1) is 24.0 Å². The van der Waals surface area contributed by atoms with Crippen LogP contribution < -0.4 is 16.0 Å². The highest BCUT2D eigenvalue weighted by Gasteiger charge is 2.14. The van der Waals surface area contributed by atoms with Crippen molar-refractivity contribution in [3.05, 3.63) is 35.4 Å². The molecule has 134 valence electrons. The summed E-state index contributed by atoms with van der Waals surface area (Å²) in [5, 5.41) is 9.53. The molecule has 0 unspecified atom stereocenters. The lowest BCUT2D eigenvalue weighted by Crippen LogP contribution is -2.44. The molecule has 5 nitrogen and oxygen atoms in total. The number of nitrogens with one attached hydrogen (secondary N) is 3. The zero-order valence-corrected chi connectivity index (χ0v) is 16.9. The number of halogens is 1. The van der Waals surface area contributed by atoms with Gasteiger partial charge in [0.15, 0.2) is 5.96 Å². The fourth-order valence-corrected chi connectivity index (χ4v) is 2.97. The quantitative estimate of drug-likeness (QED) is 0.372. The Hall–Kier alpha value is -1.31. The number of carbonyl (C=O) groups excluding carboxylic acids is 1. The Morgan fingerprint density at radius 3 is 2.67 bits per heavy atom. The standard InChI is InChI=1S/C18H28N4O.HI/c1-19-17(23)15-8-6-7-14(13-15)11-12-21-18(20-2)22-16-9-4-3-5-10-16;/h6-8,13,16H,3-5,9-12H2,1-2H3,(H,19,23)(H2,20,21,22);1H. The van der Waals surface area contributed by atoms with E-state index in [1.165, 1.54) is 32.1 Å². The van der Waals surface area contributed by atoms with Gasteiger partial charge in [0.1, 0.15) is 0 Å². The highest BCUT2D eigenvalue weighted by atomic mass is 127. The van der Waals surface area contributed by atoms with Gasteiger partial charge in [-0.2, -0.15) is 0 Å². The maximum Gasteiger partial charge on any atom is 0.251 e. The van der Waals surface area contributed by atoms with Crippen LogP contribution in [0.25, 0.3) is 0 Å². The van der Waals surface area contributed by atoms with Crippen LogP contribution >= 0.6 is 24.0 Å².